The third-order valence-electron chi connectivity index (χ3n) is 4.78. The molecule has 1 aliphatic rings. The normalized spacial score (nSPS) is 15.5. The second kappa shape index (κ2) is 9.61. The van der Waals surface area contributed by atoms with Crippen LogP contribution in [0, 0.1) is 19.8 Å². The summed E-state index contributed by atoms with van der Waals surface area (Å²) in [5, 5.41) is 4.20. The van der Waals surface area contributed by atoms with Gasteiger partial charge in [-0.3, -0.25) is 29.6 Å². The van der Waals surface area contributed by atoms with E-state index in [0.717, 1.165) is 16.1 Å². The Kier molecular flexibility index (Phi) is 6.91. The van der Waals surface area contributed by atoms with Crippen molar-refractivity contribution in [1.29, 1.82) is 0 Å². The molecule has 1 aliphatic heterocycles. The first-order chi connectivity index (χ1) is 14.7. The monoisotopic (exact) mass is 443 g/mol. The molecule has 8 nitrogen and oxygen atoms in total. The fraction of sp³-hybridized carbons (Fsp3) is 0.273. The maximum Gasteiger partial charge on any atom is 0.311 e. The Labute approximate surface area is 184 Å². The lowest BCUT2D eigenvalue weighted by Gasteiger charge is -2.17. The molecular weight excluding hydrogens is 422 g/mol. The number of amides is 3. The molecule has 0 aliphatic carbocycles. The van der Waals surface area contributed by atoms with E-state index < -0.39 is 36.2 Å². The number of hydrogen-bond donors (Lipinski definition) is 2. The van der Waals surface area contributed by atoms with E-state index in [-0.39, 0.29) is 13.0 Å². The number of aryl methyl sites for hydroxylation is 2. The van der Waals surface area contributed by atoms with Gasteiger partial charge in [-0.1, -0.05) is 35.4 Å². The summed E-state index contributed by atoms with van der Waals surface area (Å²) in [7, 11) is 0. The van der Waals surface area contributed by atoms with Crippen molar-refractivity contribution in [2.75, 3.05) is 18.5 Å². The van der Waals surface area contributed by atoms with Crippen LogP contribution in [0.3, 0.4) is 0 Å². The van der Waals surface area contributed by atoms with Gasteiger partial charge in [0.05, 0.1) is 12.5 Å². The average molecular weight is 444 g/mol. The molecule has 0 saturated carbocycles. The summed E-state index contributed by atoms with van der Waals surface area (Å²) in [5.41, 5.74) is 5.18. The molecule has 0 spiro atoms. The van der Waals surface area contributed by atoms with Gasteiger partial charge in [-0.25, -0.2) is 0 Å². The lowest BCUT2D eigenvalue weighted by Crippen LogP contribution is -2.43. The van der Waals surface area contributed by atoms with Crippen molar-refractivity contribution in [3.05, 3.63) is 64.2 Å². The second-order valence-electron chi connectivity index (χ2n) is 7.34. The number of hydrazine groups is 1. The third kappa shape index (κ3) is 5.82. The lowest BCUT2D eigenvalue weighted by atomic mass is 10.1. The summed E-state index contributed by atoms with van der Waals surface area (Å²) >= 11 is 6.02. The number of nitrogens with zero attached hydrogens (tertiary/aromatic N) is 1. The summed E-state index contributed by atoms with van der Waals surface area (Å²) in [6.07, 6.45) is -0.109. The van der Waals surface area contributed by atoms with E-state index in [4.69, 9.17) is 16.3 Å². The van der Waals surface area contributed by atoms with E-state index in [9.17, 15) is 19.2 Å². The molecule has 3 rings (SSSR count). The quantitative estimate of drug-likeness (QED) is 0.668. The van der Waals surface area contributed by atoms with Crippen LogP contribution in [0.15, 0.2) is 42.5 Å². The zero-order valence-electron chi connectivity index (χ0n) is 17.1. The maximum absolute atomic E-state index is 12.3. The van der Waals surface area contributed by atoms with Crippen LogP contribution in [-0.4, -0.2) is 41.9 Å². The Morgan fingerprint density at radius 1 is 1.16 bits per heavy atom. The smallest absolute Gasteiger partial charge is 0.311 e. The first-order valence-electron chi connectivity index (χ1n) is 9.63. The molecule has 9 heteroatoms. The van der Waals surface area contributed by atoms with Crippen LogP contribution < -0.4 is 10.7 Å². The van der Waals surface area contributed by atoms with Gasteiger partial charge in [0.2, 0.25) is 5.91 Å². The summed E-state index contributed by atoms with van der Waals surface area (Å²) in [6, 6.07) is 12.0. The minimum Gasteiger partial charge on any atom is -0.455 e. The molecule has 0 bridgehead atoms. The molecule has 2 N–H and O–H groups in total. The van der Waals surface area contributed by atoms with Crippen molar-refractivity contribution in [2.45, 2.75) is 20.3 Å². The summed E-state index contributed by atoms with van der Waals surface area (Å²) < 4.78 is 5.04. The largest absolute Gasteiger partial charge is 0.455 e. The van der Waals surface area contributed by atoms with Crippen molar-refractivity contribution in [2.24, 2.45) is 5.92 Å². The number of rotatable bonds is 6. The number of carbonyl (C=O) groups excluding carboxylic acids is 4. The molecule has 3 amide bonds. The molecule has 2 aromatic rings. The van der Waals surface area contributed by atoms with Crippen LogP contribution >= 0.6 is 11.6 Å². The van der Waals surface area contributed by atoms with Crippen LogP contribution in [0.4, 0.5) is 5.69 Å². The zero-order chi connectivity index (χ0) is 22.5. The Bertz CT molecular complexity index is 1040. The Hall–Kier alpha value is -3.39. The number of hydrogen-bond acceptors (Lipinski definition) is 5. The number of nitrogens with one attached hydrogen (secondary N) is 2. The Balaban J connectivity index is 1.48. The average Bonchev–Trinajstić information content (AvgIpc) is 3.09. The highest BCUT2D eigenvalue weighted by Crippen LogP contribution is 2.20. The Morgan fingerprint density at radius 2 is 1.94 bits per heavy atom. The fourth-order valence-corrected chi connectivity index (χ4v) is 3.25. The van der Waals surface area contributed by atoms with E-state index in [0.29, 0.717) is 16.3 Å². The van der Waals surface area contributed by atoms with Crippen LogP contribution in [0.5, 0.6) is 0 Å². The predicted octanol–water partition coefficient (Wildman–Crippen LogP) is 2.63. The van der Waals surface area contributed by atoms with Gasteiger partial charge in [-0.2, -0.15) is 0 Å². The first kappa shape index (κ1) is 22.3. The molecule has 1 atom stereocenters. The highest BCUT2D eigenvalue weighted by atomic mass is 35.5. The molecule has 31 heavy (non-hydrogen) atoms. The van der Waals surface area contributed by atoms with Gasteiger partial charge in [0.25, 0.3) is 11.8 Å². The zero-order valence-corrected chi connectivity index (χ0v) is 17.9. The number of halogens is 1. The third-order valence-corrected chi connectivity index (χ3v) is 5.18. The van der Waals surface area contributed by atoms with Crippen LogP contribution in [0.1, 0.15) is 27.9 Å². The topological polar surface area (TPSA) is 105 Å². The molecule has 162 valence electrons. The molecule has 1 saturated heterocycles. The second-order valence-corrected chi connectivity index (χ2v) is 7.74. The minimum absolute atomic E-state index is 0.0234. The van der Waals surface area contributed by atoms with Crippen molar-refractivity contribution in [1.82, 2.24) is 10.4 Å². The summed E-state index contributed by atoms with van der Waals surface area (Å²) in [6.45, 7) is 3.17. The first-order valence-corrected chi connectivity index (χ1v) is 10.0. The van der Waals surface area contributed by atoms with E-state index in [1.54, 1.807) is 36.4 Å². The van der Waals surface area contributed by atoms with Gasteiger partial charge in [-0.05, 0) is 43.7 Å². The Morgan fingerprint density at radius 3 is 2.65 bits per heavy atom. The SMILES string of the molecule is Cc1cccc(C(=O)NN2CC(C(=O)OCC(=O)Nc3ccc(C)c(Cl)c3)CC2=O)c1. The van der Waals surface area contributed by atoms with Crippen molar-refractivity contribution in [3.63, 3.8) is 0 Å². The highest BCUT2D eigenvalue weighted by Gasteiger charge is 2.36. The molecule has 2 aromatic carbocycles. The lowest BCUT2D eigenvalue weighted by molar-refractivity contribution is -0.151. The fourth-order valence-electron chi connectivity index (χ4n) is 3.07. The van der Waals surface area contributed by atoms with Gasteiger partial charge < -0.3 is 10.1 Å². The van der Waals surface area contributed by atoms with E-state index in [2.05, 4.69) is 10.7 Å². The number of benzene rings is 2. The van der Waals surface area contributed by atoms with Gasteiger partial charge in [-0.15, -0.1) is 0 Å². The van der Waals surface area contributed by atoms with Gasteiger partial charge >= 0.3 is 5.97 Å². The van der Waals surface area contributed by atoms with Crippen LogP contribution in [0.2, 0.25) is 5.02 Å². The number of esters is 1. The van der Waals surface area contributed by atoms with Gasteiger partial charge in [0, 0.05) is 22.7 Å². The number of anilines is 1. The summed E-state index contributed by atoms with van der Waals surface area (Å²) in [5.74, 6) is -2.82. The van der Waals surface area contributed by atoms with Crippen molar-refractivity contribution < 1.29 is 23.9 Å². The van der Waals surface area contributed by atoms with E-state index in [1.165, 1.54) is 0 Å². The van der Waals surface area contributed by atoms with Crippen LogP contribution in [-0.2, 0) is 19.1 Å². The van der Waals surface area contributed by atoms with Crippen molar-refractivity contribution >= 4 is 41.0 Å². The molecular formula is C22H22ClN3O5. The van der Waals surface area contributed by atoms with Crippen LogP contribution in [0.25, 0.3) is 0 Å². The van der Waals surface area contributed by atoms with E-state index in [1.807, 2.05) is 19.9 Å². The molecule has 1 unspecified atom stereocenters. The molecule has 1 fully saturated rings. The highest BCUT2D eigenvalue weighted by molar-refractivity contribution is 6.31. The summed E-state index contributed by atoms with van der Waals surface area (Å²) in [4.78, 5) is 48.8. The minimum atomic E-state index is -0.771. The van der Waals surface area contributed by atoms with Crippen molar-refractivity contribution in [3.8, 4) is 0 Å². The molecule has 0 radical (unpaired) electrons. The molecule has 1 heterocycles. The van der Waals surface area contributed by atoms with Gasteiger partial charge in [0.1, 0.15) is 0 Å². The number of carbonyl (C=O) groups is 4. The maximum atomic E-state index is 12.3. The van der Waals surface area contributed by atoms with Gasteiger partial charge in [0.15, 0.2) is 6.61 Å². The predicted molar refractivity (Wildman–Crippen MR) is 114 cm³/mol. The standard InChI is InChI=1S/C22H22ClN3O5/c1-13-4-3-5-15(8-13)21(29)25-26-11-16(9-20(26)28)22(30)31-12-19(27)24-17-7-6-14(2)18(23)10-17/h3-8,10,16H,9,11-12H2,1-2H3,(H,24,27)(H,25,29). The number of ether oxygens (including phenoxy) is 1. The van der Waals surface area contributed by atoms with E-state index >= 15 is 0 Å². The molecule has 0 aromatic heterocycles.